The van der Waals surface area contributed by atoms with Crippen LogP contribution in [0.15, 0.2) is 66.7 Å². The van der Waals surface area contributed by atoms with E-state index in [-0.39, 0.29) is 0 Å². The highest BCUT2D eigenvalue weighted by molar-refractivity contribution is 7.39. The molecule has 0 amide bonds. The zero-order chi connectivity index (χ0) is 17.1. The summed E-state index contributed by atoms with van der Waals surface area (Å²) >= 11 is 0. The maximum atomic E-state index is 9.32. The number of benzene rings is 3. The van der Waals surface area contributed by atoms with Crippen molar-refractivity contribution in [1.82, 2.24) is 0 Å². The number of hydrogen-bond donors (Lipinski definition) is 2. The molecule has 0 saturated heterocycles. The molecular formula is C20H19O3P. The lowest BCUT2D eigenvalue weighted by molar-refractivity contribution is 0.375. The lowest BCUT2D eigenvalue weighted by atomic mass is 9.93. The summed E-state index contributed by atoms with van der Waals surface area (Å²) in [5, 5.41) is 0. The molecule has 3 rings (SSSR count). The van der Waals surface area contributed by atoms with Gasteiger partial charge >= 0.3 is 8.60 Å². The molecule has 0 aliphatic carbocycles. The molecule has 0 saturated carbocycles. The summed E-state index contributed by atoms with van der Waals surface area (Å²) in [5.74, 6) is 0.466. The predicted octanol–water partition coefficient (Wildman–Crippen LogP) is 5.23. The van der Waals surface area contributed by atoms with Gasteiger partial charge in [0.1, 0.15) is 5.75 Å². The van der Waals surface area contributed by atoms with E-state index in [4.69, 9.17) is 4.52 Å². The van der Waals surface area contributed by atoms with Crippen molar-refractivity contribution in [3.63, 3.8) is 0 Å². The van der Waals surface area contributed by atoms with Crippen LogP contribution >= 0.6 is 8.60 Å². The maximum Gasteiger partial charge on any atom is 0.391 e. The Kier molecular flexibility index (Phi) is 4.96. The molecule has 24 heavy (non-hydrogen) atoms. The summed E-state index contributed by atoms with van der Waals surface area (Å²) in [5.41, 5.74) is 6.24. The largest absolute Gasteiger partial charge is 0.426 e. The normalized spacial score (nSPS) is 10.9. The third kappa shape index (κ3) is 3.65. The summed E-state index contributed by atoms with van der Waals surface area (Å²) < 4.78 is 5.29. The van der Waals surface area contributed by atoms with Crippen LogP contribution in [0.25, 0.3) is 22.3 Å². The molecular weight excluding hydrogens is 319 g/mol. The molecule has 0 aromatic heterocycles. The fraction of sp³-hybridized carbons (Fsp3) is 0.100. The van der Waals surface area contributed by atoms with E-state index in [1.807, 2.05) is 43.3 Å². The average Bonchev–Trinajstić information content (AvgIpc) is 2.56. The average molecular weight is 338 g/mol. The summed E-state index contributed by atoms with van der Waals surface area (Å²) in [7, 11) is -2.48. The summed E-state index contributed by atoms with van der Waals surface area (Å²) in [6.45, 7) is 4.09. The van der Waals surface area contributed by atoms with Crippen LogP contribution in [0.4, 0.5) is 0 Å². The minimum absolute atomic E-state index is 0.466. The van der Waals surface area contributed by atoms with Crippen molar-refractivity contribution in [2.24, 2.45) is 0 Å². The Morgan fingerprint density at radius 2 is 1.25 bits per heavy atom. The monoisotopic (exact) mass is 338 g/mol. The van der Waals surface area contributed by atoms with Crippen LogP contribution in [0.3, 0.4) is 0 Å². The molecule has 0 unspecified atom stereocenters. The first-order valence-corrected chi connectivity index (χ1v) is 8.84. The van der Waals surface area contributed by atoms with Crippen molar-refractivity contribution < 1.29 is 14.3 Å². The second-order valence-corrected chi connectivity index (χ2v) is 6.44. The van der Waals surface area contributed by atoms with E-state index >= 15 is 0 Å². The Labute approximate surface area is 143 Å². The zero-order valence-corrected chi connectivity index (χ0v) is 14.5. The first kappa shape index (κ1) is 16.7. The molecule has 3 aromatic carbocycles. The minimum Gasteiger partial charge on any atom is -0.426 e. The topological polar surface area (TPSA) is 49.7 Å². The Morgan fingerprint density at radius 1 is 0.708 bits per heavy atom. The molecule has 0 spiro atoms. The Hall–Kier alpha value is -2.19. The quantitative estimate of drug-likeness (QED) is 0.641. The molecule has 3 nitrogen and oxygen atoms in total. The van der Waals surface area contributed by atoms with E-state index in [9.17, 15) is 9.79 Å². The van der Waals surface area contributed by atoms with Gasteiger partial charge in [-0.2, -0.15) is 0 Å². The van der Waals surface area contributed by atoms with Crippen molar-refractivity contribution in [1.29, 1.82) is 0 Å². The van der Waals surface area contributed by atoms with Crippen LogP contribution in [0.2, 0.25) is 0 Å². The number of rotatable bonds is 4. The van der Waals surface area contributed by atoms with Gasteiger partial charge < -0.3 is 14.3 Å². The van der Waals surface area contributed by atoms with Crippen LogP contribution in [-0.2, 0) is 0 Å². The van der Waals surface area contributed by atoms with Gasteiger partial charge in [0.15, 0.2) is 0 Å². The number of aryl methyl sites for hydroxylation is 2. The lowest BCUT2D eigenvalue weighted by Gasteiger charge is -2.16. The van der Waals surface area contributed by atoms with Gasteiger partial charge in [0.05, 0.1) is 0 Å². The molecule has 0 aliphatic heterocycles. The van der Waals surface area contributed by atoms with Crippen LogP contribution in [-0.4, -0.2) is 9.79 Å². The molecule has 0 radical (unpaired) electrons. The second kappa shape index (κ2) is 7.14. The highest BCUT2D eigenvalue weighted by atomic mass is 31.2. The summed E-state index contributed by atoms with van der Waals surface area (Å²) in [6.07, 6.45) is 0. The van der Waals surface area contributed by atoms with Crippen molar-refractivity contribution >= 4 is 8.60 Å². The van der Waals surface area contributed by atoms with Gasteiger partial charge in [-0.3, -0.25) is 0 Å². The van der Waals surface area contributed by atoms with Gasteiger partial charge in [-0.05, 0) is 36.6 Å². The maximum absolute atomic E-state index is 9.32. The van der Waals surface area contributed by atoms with Crippen molar-refractivity contribution in [3.8, 4) is 28.0 Å². The SMILES string of the molecule is Cc1ccc(-c2cccc(OP(O)O)c2-c2ccc(C)cc2)cc1. The molecule has 0 bridgehead atoms. The van der Waals surface area contributed by atoms with Gasteiger partial charge in [0.25, 0.3) is 0 Å². The van der Waals surface area contributed by atoms with Crippen LogP contribution in [0, 0.1) is 13.8 Å². The van der Waals surface area contributed by atoms with E-state index in [1.54, 1.807) is 6.07 Å². The van der Waals surface area contributed by atoms with E-state index in [0.717, 1.165) is 22.3 Å². The molecule has 3 aromatic rings. The first-order valence-electron chi connectivity index (χ1n) is 7.67. The molecule has 4 heteroatoms. The molecule has 0 heterocycles. The van der Waals surface area contributed by atoms with Crippen molar-refractivity contribution in [3.05, 3.63) is 77.9 Å². The Balaban J connectivity index is 2.21. The minimum atomic E-state index is -2.48. The standard InChI is InChI=1S/C20H19O3P/c1-14-6-10-16(11-7-14)18-4-3-5-19(23-24(21)22)20(18)17-12-8-15(2)9-13-17/h3-13,21-22H,1-2H3. The molecule has 2 N–H and O–H groups in total. The zero-order valence-electron chi connectivity index (χ0n) is 13.6. The second-order valence-electron chi connectivity index (χ2n) is 5.75. The molecule has 0 aliphatic rings. The molecule has 0 atom stereocenters. The third-order valence-electron chi connectivity index (χ3n) is 3.91. The third-order valence-corrected chi connectivity index (χ3v) is 4.27. The highest BCUT2D eigenvalue weighted by Gasteiger charge is 2.16. The fourth-order valence-electron chi connectivity index (χ4n) is 2.69. The first-order chi connectivity index (χ1) is 11.5. The van der Waals surface area contributed by atoms with Crippen LogP contribution < -0.4 is 4.52 Å². The van der Waals surface area contributed by atoms with Gasteiger partial charge in [-0.15, -0.1) is 0 Å². The van der Waals surface area contributed by atoms with E-state index in [0.29, 0.717) is 5.75 Å². The van der Waals surface area contributed by atoms with Gasteiger partial charge in [-0.25, -0.2) is 0 Å². The van der Waals surface area contributed by atoms with Gasteiger partial charge in [0, 0.05) is 5.56 Å². The van der Waals surface area contributed by atoms with E-state index in [1.165, 1.54) is 11.1 Å². The van der Waals surface area contributed by atoms with Crippen LogP contribution in [0.5, 0.6) is 5.75 Å². The lowest BCUT2D eigenvalue weighted by Crippen LogP contribution is -1.93. The van der Waals surface area contributed by atoms with E-state index < -0.39 is 8.60 Å². The smallest absolute Gasteiger partial charge is 0.391 e. The van der Waals surface area contributed by atoms with Crippen molar-refractivity contribution in [2.45, 2.75) is 13.8 Å². The predicted molar refractivity (Wildman–Crippen MR) is 98.8 cm³/mol. The fourth-order valence-corrected chi connectivity index (χ4v) is 3.01. The number of hydrogen-bond acceptors (Lipinski definition) is 3. The summed E-state index contributed by atoms with van der Waals surface area (Å²) in [6, 6.07) is 22.0. The Morgan fingerprint density at radius 3 is 1.79 bits per heavy atom. The molecule has 0 fully saturated rings. The van der Waals surface area contributed by atoms with E-state index in [2.05, 4.69) is 31.2 Å². The molecule has 122 valence electrons. The van der Waals surface area contributed by atoms with Gasteiger partial charge in [0.2, 0.25) is 0 Å². The highest BCUT2D eigenvalue weighted by Crippen LogP contribution is 2.43. The van der Waals surface area contributed by atoms with Crippen molar-refractivity contribution in [2.75, 3.05) is 0 Å². The van der Waals surface area contributed by atoms with Crippen LogP contribution in [0.1, 0.15) is 11.1 Å². The Bertz CT molecular complexity index is 825. The van der Waals surface area contributed by atoms with Gasteiger partial charge in [-0.1, -0.05) is 71.8 Å². The summed E-state index contributed by atoms with van der Waals surface area (Å²) in [4.78, 5) is 18.6.